The molecule has 0 bridgehead atoms. The van der Waals surface area contributed by atoms with E-state index in [-0.39, 0.29) is 24.4 Å². The van der Waals surface area contributed by atoms with Crippen LogP contribution < -0.4 is 9.64 Å². The number of carbonyl (C=O) groups is 1. The third-order valence-corrected chi connectivity index (χ3v) is 6.52. The molecule has 0 radical (unpaired) electrons. The van der Waals surface area contributed by atoms with Gasteiger partial charge in [-0.25, -0.2) is 0 Å². The van der Waals surface area contributed by atoms with Gasteiger partial charge in [0.1, 0.15) is 18.1 Å². The summed E-state index contributed by atoms with van der Waals surface area (Å²) in [5.74, 6) is 0.292. The van der Waals surface area contributed by atoms with E-state index in [4.69, 9.17) is 18.7 Å². The molecule has 1 saturated heterocycles. The lowest BCUT2D eigenvalue weighted by molar-refractivity contribution is -0.140. The first-order chi connectivity index (χ1) is 16.2. The number of ether oxygens (including phenoxy) is 3. The van der Waals surface area contributed by atoms with Crippen LogP contribution in [-0.4, -0.2) is 44.5 Å². The SMILES string of the molecule is COC(=O)C[C@@H](c1ccc(O[C@@H]2CCc3c2cccc3N2CCOCC2)cc1)c1ccon1. The zero-order valence-electron chi connectivity index (χ0n) is 18.7. The summed E-state index contributed by atoms with van der Waals surface area (Å²) in [7, 11) is 1.39. The summed E-state index contributed by atoms with van der Waals surface area (Å²) in [6.07, 6.45) is 3.72. The van der Waals surface area contributed by atoms with Gasteiger partial charge in [-0.15, -0.1) is 0 Å². The lowest BCUT2D eigenvalue weighted by Gasteiger charge is -2.30. The van der Waals surface area contributed by atoms with Gasteiger partial charge in [-0.2, -0.15) is 0 Å². The number of nitrogens with zero attached hydrogens (tertiary/aromatic N) is 2. The Bertz CT molecular complexity index is 1070. The molecule has 0 amide bonds. The van der Waals surface area contributed by atoms with Crippen molar-refractivity contribution in [2.45, 2.75) is 31.3 Å². The van der Waals surface area contributed by atoms with E-state index in [0.29, 0.717) is 5.69 Å². The van der Waals surface area contributed by atoms with Crippen LogP contribution in [-0.2, 0) is 20.7 Å². The summed E-state index contributed by atoms with van der Waals surface area (Å²) in [4.78, 5) is 14.4. The van der Waals surface area contributed by atoms with Crippen molar-refractivity contribution < 1.29 is 23.5 Å². The van der Waals surface area contributed by atoms with Gasteiger partial charge in [0.25, 0.3) is 0 Å². The van der Waals surface area contributed by atoms with E-state index in [2.05, 4.69) is 28.3 Å². The Hall–Kier alpha value is -3.32. The molecule has 2 atom stereocenters. The highest BCUT2D eigenvalue weighted by atomic mass is 16.5. The Balaban J connectivity index is 1.32. The fourth-order valence-corrected chi connectivity index (χ4v) is 4.81. The van der Waals surface area contributed by atoms with Crippen molar-refractivity contribution in [3.63, 3.8) is 0 Å². The molecule has 2 aromatic carbocycles. The summed E-state index contributed by atoms with van der Waals surface area (Å²) >= 11 is 0. The second kappa shape index (κ2) is 9.67. The molecule has 0 saturated carbocycles. The van der Waals surface area contributed by atoms with Crippen LogP contribution >= 0.6 is 0 Å². The lowest BCUT2D eigenvalue weighted by atomic mass is 9.92. The fourth-order valence-electron chi connectivity index (χ4n) is 4.81. The second-order valence-corrected chi connectivity index (χ2v) is 8.42. The van der Waals surface area contributed by atoms with Gasteiger partial charge in [0.15, 0.2) is 0 Å². The second-order valence-electron chi connectivity index (χ2n) is 8.42. The maximum absolute atomic E-state index is 11.9. The van der Waals surface area contributed by atoms with Crippen LogP contribution in [0.15, 0.2) is 59.3 Å². The number of carbonyl (C=O) groups excluding carboxylic acids is 1. The summed E-state index contributed by atoms with van der Waals surface area (Å²) in [6, 6.07) is 16.2. The topological polar surface area (TPSA) is 74.0 Å². The van der Waals surface area contributed by atoms with Crippen molar-refractivity contribution in [1.29, 1.82) is 0 Å². The Kier molecular flexibility index (Phi) is 6.30. The maximum atomic E-state index is 11.9. The minimum atomic E-state index is -0.290. The number of anilines is 1. The normalized spacial score (nSPS) is 18.6. The first-order valence-electron chi connectivity index (χ1n) is 11.4. The van der Waals surface area contributed by atoms with Crippen LogP contribution in [0, 0.1) is 0 Å². The molecule has 3 aromatic rings. The highest BCUT2D eigenvalue weighted by Crippen LogP contribution is 2.40. The molecular formula is C26H28N2O5. The van der Waals surface area contributed by atoms with E-state index in [9.17, 15) is 4.79 Å². The Morgan fingerprint density at radius 1 is 1.15 bits per heavy atom. The van der Waals surface area contributed by atoms with Gasteiger partial charge in [0.05, 0.1) is 32.4 Å². The van der Waals surface area contributed by atoms with Gasteiger partial charge in [0.2, 0.25) is 0 Å². The monoisotopic (exact) mass is 448 g/mol. The predicted molar refractivity (Wildman–Crippen MR) is 123 cm³/mol. The average molecular weight is 449 g/mol. The van der Waals surface area contributed by atoms with Crippen LogP contribution in [0.5, 0.6) is 5.75 Å². The summed E-state index contributed by atoms with van der Waals surface area (Å²) in [5.41, 5.74) is 5.65. The molecule has 1 aliphatic heterocycles. The molecule has 2 aliphatic rings. The molecule has 5 rings (SSSR count). The fraction of sp³-hybridized carbons (Fsp3) is 0.385. The number of hydrogen-bond acceptors (Lipinski definition) is 7. The molecule has 0 N–H and O–H groups in total. The standard InChI is InChI=1S/C26H28N2O5/c1-30-26(29)17-22(23-11-14-32-27-23)18-5-7-19(8-6-18)33-25-10-9-20-21(25)3-2-4-24(20)28-12-15-31-16-13-28/h2-8,11,14,22,25H,9-10,12-13,15-17H2,1H3/t22-,25+/m0/s1. The van der Waals surface area contributed by atoms with Gasteiger partial charge in [-0.1, -0.05) is 29.4 Å². The number of fused-ring (bicyclic) bond motifs is 1. The molecule has 1 aromatic heterocycles. The van der Waals surface area contributed by atoms with Crippen LogP contribution in [0.1, 0.15) is 47.2 Å². The van der Waals surface area contributed by atoms with Crippen molar-refractivity contribution in [1.82, 2.24) is 5.16 Å². The van der Waals surface area contributed by atoms with Crippen LogP contribution in [0.4, 0.5) is 5.69 Å². The van der Waals surface area contributed by atoms with Gasteiger partial charge >= 0.3 is 5.97 Å². The van der Waals surface area contributed by atoms with Crippen LogP contribution in [0.2, 0.25) is 0 Å². The zero-order chi connectivity index (χ0) is 22.6. The first-order valence-corrected chi connectivity index (χ1v) is 11.4. The molecule has 7 heteroatoms. The quantitative estimate of drug-likeness (QED) is 0.500. The van der Waals surface area contributed by atoms with Crippen molar-refractivity contribution in [2.75, 3.05) is 38.3 Å². The smallest absolute Gasteiger partial charge is 0.306 e. The van der Waals surface area contributed by atoms with E-state index in [1.54, 1.807) is 6.07 Å². The molecule has 172 valence electrons. The van der Waals surface area contributed by atoms with Gasteiger partial charge in [-0.05, 0) is 47.7 Å². The van der Waals surface area contributed by atoms with Crippen molar-refractivity contribution in [2.24, 2.45) is 0 Å². The van der Waals surface area contributed by atoms with E-state index in [0.717, 1.165) is 50.5 Å². The Morgan fingerprint density at radius 2 is 1.97 bits per heavy atom. The zero-order valence-corrected chi connectivity index (χ0v) is 18.7. The van der Waals surface area contributed by atoms with E-state index in [1.807, 2.05) is 24.3 Å². The minimum absolute atomic E-state index is 0.0354. The van der Waals surface area contributed by atoms with Gasteiger partial charge < -0.3 is 23.6 Å². The maximum Gasteiger partial charge on any atom is 0.306 e. The van der Waals surface area contributed by atoms with Crippen molar-refractivity contribution in [3.05, 3.63) is 77.2 Å². The molecule has 0 spiro atoms. The molecule has 7 nitrogen and oxygen atoms in total. The third-order valence-electron chi connectivity index (χ3n) is 6.52. The number of methoxy groups -OCH3 is 1. The van der Waals surface area contributed by atoms with Crippen molar-refractivity contribution >= 4 is 11.7 Å². The summed E-state index contributed by atoms with van der Waals surface area (Å²) in [6.45, 7) is 3.42. The van der Waals surface area contributed by atoms with E-state index < -0.39 is 0 Å². The predicted octanol–water partition coefficient (Wildman–Crippen LogP) is 4.27. The van der Waals surface area contributed by atoms with E-state index in [1.165, 1.54) is 30.2 Å². The number of rotatable bonds is 7. The Morgan fingerprint density at radius 3 is 2.70 bits per heavy atom. The summed E-state index contributed by atoms with van der Waals surface area (Å²) < 4.78 is 21.8. The number of benzene rings is 2. The lowest BCUT2D eigenvalue weighted by Crippen LogP contribution is -2.36. The molecule has 0 unspecified atom stereocenters. The van der Waals surface area contributed by atoms with Gasteiger partial charge in [-0.3, -0.25) is 4.79 Å². The minimum Gasteiger partial charge on any atom is -0.486 e. The molecule has 2 heterocycles. The van der Waals surface area contributed by atoms with Crippen LogP contribution in [0.3, 0.4) is 0 Å². The Labute approximate surface area is 193 Å². The largest absolute Gasteiger partial charge is 0.486 e. The molecule has 1 fully saturated rings. The highest BCUT2D eigenvalue weighted by Gasteiger charge is 2.28. The van der Waals surface area contributed by atoms with Crippen molar-refractivity contribution in [3.8, 4) is 5.75 Å². The summed E-state index contributed by atoms with van der Waals surface area (Å²) in [5, 5.41) is 4.03. The number of hydrogen-bond donors (Lipinski definition) is 0. The highest BCUT2D eigenvalue weighted by molar-refractivity contribution is 5.71. The molecular weight excluding hydrogens is 420 g/mol. The number of aromatic nitrogens is 1. The number of morpholine rings is 1. The first kappa shape index (κ1) is 21.5. The molecule has 1 aliphatic carbocycles. The molecule has 33 heavy (non-hydrogen) atoms. The van der Waals surface area contributed by atoms with Crippen LogP contribution in [0.25, 0.3) is 0 Å². The third kappa shape index (κ3) is 4.59. The average Bonchev–Trinajstić information content (AvgIpc) is 3.54. The van der Waals surface area contributed by atoms with Gasteiger partial charge in [0, 0.05) is 30.8 Å². The number of esters is 1. The van der Waals surface area contributed by atoms with E-state index >= 15 is 0 Å².